The maximum absolute atomic E-state index is 12.5. The van der Waals surface area contributed by atoms with Gasteiger partial charge in [0, 0.05) is 23.9 Å². The van der Waals surface area contributed by atoms with Crippen LogP contribution in [0.5, 0.6) is 0 Å². The number of alkyl carbamates (subject to hydrolysis) is 1. The van der Waals surface area contributed by atoms with E-state index in [0.29, 0.717) is 41.0 Å². The number of pyridine rings is 1. The summed E-state index contributed by atoms with van der Waals surface area (Å²) in [5.74, 6) is -1.35. The fraction of sp³-hybridized carbons (Fsp3) is 0.375. The van der Waals surface area contributed by atoms with Crippen molar-refractivity contribution in [1.29, 1.82) is 0 Å². The molecule has 3 N–H and O–H groups in total. The van der Waals surface area contributed by atoms with E-state index in [0.717, 1.165) is 0 Å². The highest BCUT2D eigenvalue weighted by molar-refractivity contribution is 6.40. The number of rotatable bonds is 2. The summed E-state index contributed by atoms with van der Waals surface area (Å²) in [6.07, 6.45) is 1.09. The molecule has 2 bridgehead atoms. The number of anilines is 2. The summed E-state index contributed by atoms with van der Waals surface area (Å²) in [5.41, 5.74) is 1.94. The number of benzene rings is 1. The molecule has 1 aliphatic rings. The van der Waals surface area contributed by atoms with Gasteiger partial charge >= 0.3 is 12.2 Å². The van der Waals surface area contributed by atoms with Gasteiger partial charge in [-0.3, -0.25) is 19.9 Å². The number of fused-ring (bicyclic) bond motifs is 4. The Balaban J connectivity index is 2.02. The van der Waals surface area contributed by atoms with Gasteiger partial charge in [0.25, 0.3) is 5.91 Å². The average molecular weight is 469 g/mol. The fourth-order valence-electron chi connectivity index (χ4n) is 3.47. The molecule has 0 aliphatic carbocycles. The van der Waals surface area contributed by atoms with Crippen LogP contribution in [0.4, 0.5) is 21.0 Å². The minimum atomic E-state index is -0.761. The highest BCUT2D eigenvalue weighted by Gasteiger charge is 2.24. The molecule has 0 spiro atoms. The van der Waals surface area contributed by atoms with Crippen LogP contribution in [0.15, 0.2) is 36.5 Å². The molecule has 0 saturated heterocycles. The zero-order chi connectivity index (χ0) is 24.9. The second-order valence-corrected chi connectivity index (χ2v) is 8.81. The molecular formula is C24H28N4O6. The first-order valence-corrected chi connectivity index (χ1v) is 10.8. The van der Waals surface area contributed by atoms with Crippen molar-refractivity contribution in [3.05, 3.63) is 42.2 Å². The molecular weight excluding hydrogens is 440 g/mol. The van der Waals surface area contributed by atoms with Gasteiger partial charge in [0.15, 0.2) is 0 Å². The molecule has 10 nitrogen and oxygen atoms in total. The maximum Gasteiger partial charge on any atom is 0.411 e. The quantitative estimate of drug-likeness (QED) is 0.563. The van der Waals surface area contributed by atoms with Crippen molar-refractivity contribution in [1.82, 2.24) is 10.3 Å². The molecule has 1 aromatic heterocycles. The summed E-state index contributed by atoms with van der Waals surface area (Å²) in [6, 6.07) is 7.93. The molecule has 2 heterocycles. The van der Waals surface area contributed by atoms with Gasteiger partial charge in [0.1, 0.15) is 5.60 Å². The van der Waals surface area contributed by atoms with Gasteiger partial charge in [-0.2, -0.15) is 0 Å². The van der Waals surface area contributed by atoms with Crippen LogP contribution in [0.1, 0.15) is 51.8 Å². The van der Waals surface area contributed by atoms with Gasteiger partial charge in [-0.25, -0.2) is 9.59 Å². The van der Waals surface area contributed by atoms with Gasteiger partial charge in [-0.15, -0.1) is 0 Å². The SMILES string of the molecule is COC(=O)Nc1ccc2c(c1)NC(=O)C(=O)CCC[C@H](NC(=O)OC(C)(C)C)c1cc-2ccn1. The molecule has 3 rings (SSSR count). The van der Waals surface area contributed by atoms with E-state index in [1.165, 1.54) is 7.11 Å². The lowest BCUT2D eigenvalue weighted by atomic mass is 9.98. The molecule has 1 atom stereocenters. The Morgan fingerprint density at radius 3 is 2.59 bits per heavy atom. The number of hydrogen-bond acceptors (Lipinski definition) is 7. The Labute approximate surface area is 197 Å². The van der Waals surface area contributed by atoms with E-state index in [2.05, 4.69) is 25.7 Å². The Morgan fingerprint density at radius 2 is 1.88 bits per heavy atom. The largest absolute Gasteiger partial charge is 0.453 e. The first-order valence-electron chi connectivity index (χ1n) is 10.8. The number of aromatic nitrogens is 1. The van der Waals surface area contributed by atoms with Crippen molar-refractivity contribution in [2.75, 3.05) is 17.7 Å². The van der Waals surface area contributed by atoms with Crippen LogP contribution in [-0.4, -0.2) is 41.6 Å². The van der Waals surface area contributed by atoms with E-state index >= 15 is 0 Å². The molecule has 0 fully saturated rings. The Morgan fingerprint density at radius 1 is 1.12 bits per heavy atom. The highest BCUT2D eigenvalue weighted by Crippen LogP contribution is 2.33. The van der Waals surface area contributed by atoms with Crippen LogP contribution in [0.3, 0.4) is 0 Å². The summed E-state index contributed by atoms with van der Waals surface area (Å²) >= 11 is 0. The number of ketones is 1. The van der Waals surface area contributed by atoms with Crippen LogP contribution in [-0.2, 0) is 19.1 Å². The van der Waals surface area contributed by atoms with E-state index in [4.69, 9.17) is 4.74 Å². The predicted molar refractivity (Wildman–Crippen MR) is 125 cm³/mol. The number of ether oxygens (including phenoxy) is 2. The van der Waals surface area contributed by atoms with Gasteiger partial charge in [0.05, 0.1) is 24.5 Å². The first kappa shape index (κ1) is 24.7. The van der Waals surface area contributed by atoms with Crippen molar-refractivity contribution < 1.29 is 28.7 Å². The lowest BCUT2D eigenvalue weighted by Crippen LogP contribution is -2.35. The summed E-state index contributed by atoms with van der Waals surface area (Å²) in [6.45, 7) is 5.30. The lowest BCUT2D eigenvalue weighted by molar-refractivity contribution is -0.134. The molecule has 34 heavy (non-hydrogen) atoms. The van der Waals surface area contributed by atoms with Crippen LogP contribution in [0.2, 0.25) is 0 Å². The first-order chi connectivity index (χ1) is 16.1. The molecule has 0 saturated carbocycles. The summed E-state index contributed by atoms with van der Waals surface area (Å²) in [7, 11) is 1.24. The smallest absolute Gasteiger partial charge is 0.411 e. The molecule has 2 aromatic rings. The Kier molecular flexibility index (Phi) is 7.50. The fourth-order valence-corrected chi connectivity index (χ4v) is 3.47. The molecule has 0 unspecified atom stereocenters. The van der Waals surface area contributed by atoms with Gasteiger partial charge in [-0.05, 0) is 63.4 Å². The van der Waals surface area contributed by atoms with Crippen molar-refractivity contribution in [2.24, 2.45) is 0 Å². The molecule has 0 radical (unpaired) electrons. The second kappa shape index (κ2) is 10.3. The summed E-state index contributed by atoms with van der Waals surface area (Å²) in [4.78, 5) is 53.4. The van der Waals surface area contributed by atoms with Crippen molar-refractivity contribution in [2.45, 2.75) is 51.7 Å². The van der Waals surface area contributed by atoms with Crippen molar-refractivity contribution in [3.63, 3.8) is 0 Å². The van der Waals surface area contributed by atoms with E-state index in [1.807, 2.05) is 6.07 Å². The van der Waals surface area contributed by atoms with E-state index in [9.17, 15) is 19.2 Å². The maximum atomic E-state index is 12.5. The molecule has 10 heteroatoms. The normalized spacial score (nSPS) is 16.2. The van der Waals surface area contributed by atoms with Gasteiger partial charge < -0.3 is 20.1 Å². The topological polar surface area (TPSA) is 136 Å². The highest BCUT2D eigenvalue weighted by atomic mass is 16.6. The number of methoxy groups -OCH3 is 1. The third-order valence-corrected chi connectivity index (χ3v) is 4.99. The number of carbonyl (C=O) groups is 4. The predicted octanol–water partition coefficient (Wildman–Crippen LogP) is 4.18. The lowest BCUT2D eigenvalue weighted by Gasteiger charge is -2.24. The zero-order valence-corrected chi connectivity index (χ0v) is 19.6. The number of hydrogen-bond donors (Lipinski definition) is 3. The number of nitrogens with one attached hydrogen (secondary N) is 3. The number of amides is 3. The van der Waals surface area contributed by atoms with Crippen LogP contribution >= 0.6 is 0 Å². The molecule has 1 aromatic carbocycles. The van der Waals surface area contributed by atoms with E-state index < -0.39 is 35.5 Å². The minimum absolute atomic E-state index is 0.00649. The summed E-state index contributed by atoms with van der Waals surface area (Å²) < 4.78 is 9.99. The van der Waals surface area contributed by atoms with Gasteiger partial charge in [0.2, 0.25) is 5.78 Å². The zero-order valence-electron chi connectivity index (χ0n) is 19.6. The molecule has 3 amide bonds. The van der Waals surface area contributed by atoms with Crippen LogP contribution in [0.25, 0.3) is 11.1 Å². The van der Waals surface area contributed by atoms with Crippen LogP contribution in [0, 0.1) is 0 Å². The van der Waals surface area contributed by atoms with E-state index in [-0.39, 0.29) is 6.42 Å². The number of Topliss-reactive ketones (excluding diaryl/α,β-unsaturated/α-hetero) is 1. The Bertz CT molecular complexity index is 1110. The monoisotopic (exact) mass is 468 g/mol. The third-order valence-electron chi connectivity index (χ3n) is 4.99. The van der Waals surface area contributed by atoms with Crippen molar-refractivity contribution in [3.8, 4) is 11.1 Å². The third kappa shape index (κ3) is 6.53. The number of carbonyl (C=O) groups excluding carboxylic acids is 4. The molecule has 180 valence electrons. The van der Waals surface area contributed by atoms with Gasteiger partial charge in [-0.1, -0.05) is 6.07 Å². The van der Waals surface area contributed by atoms with Crippen LogP contribution < -0.4 is 16.0 Å². The minimum Gasteiger partial charge on any atom is -0.453 e. The standard InChI is InChI=1S/C24H28N4O6/c1-24(2,3)34-23(32)28-17-6-5-7-20(29)21(30)27-18-13-15(26-22(31)33-4)8-9-16(18)14-10-11-25-19(17)12-14/h8-13,17H,5-7H2,1-4H3,(H,26,31)(H,27,30)(H,28,32)/t17-/m0/s1. The summed E-state index contributed by atoms with van der Waals surface area (Å²) in [5, 5.41) is 8.01. The Hall–Kier alpha value is -3.95. The van der Waals surface area contributed by atoms with Crippen molar-refractivity contribution >= 4 is 35.3 Å². The molecule has 1 aliphatic heterocycles. The average Bonchev–Trinajstić information content (AvgIpc) is 2.76. The van der Waals surface area contributed by atoms with E-state index in [1.54, 1.807) is 51.2 Å². The second-order valence-electron chi connectivity index (χ2n) is 8.81. The number of nitrogens with zero attached hydrogens (tertiary/aromatic N) is 1.